The van der Waals surface area contributed by atoms with Crippen molar-refractivity contribution < 1.29 is 9.60 Å². The molecule has 3 N–H and O–H groups in total. The van der Waals surface area contributed by atoms with E-state index in [0.717, 1.165) is 16.3 Å². The number of rotatable bonds is 5. The van der Waals surface area contributed by atoms with E-state index in [4.69, 9.17) is 10.9 Å². The molecular formula is C14H17FN4OS. The standard InChI is InChI=1S/C14H17FN4OS/c1-9-17-12(8-21-9)7-19(2)6-10-3-4-11(15)5-13(10)14(16)18-20/h3-5,8,20H,6-7H2,1-2H3,(H2,16,18). The minimum atomic E-state index is -0.418. The van der Waals surface area contributed by atoms with Crippen LogP contribution in [0.4, 0.5) is 4.39 Å². The fraction of sp³-hybridized carbons (Fsp3) is 0.286. The summed E-state index contributed by atoms with van der Waals surface area (Å²) in [4.78, 5) is 6.45. The van der Waals surface area contributed by atoms with Crippen molar-refractivity contribution in [2.45, 2.75) is 20.0 Å². The third kappa shape index (κ3) is 3.99. The minimum absolute atomic E-state index is 0.0950. The van der Waals surface area contributed by atoms with Crippen molar-refractivity contribution >= 4 is 17.2 Å². The summed E-state index contributed by atoms with van der Waals surface area (Å²) in [7, 11) is 1.94. The number of benzene rings is 1. The molecule has 0 saturated carbocycles. The highest BCUT2D eigenvalue weighted by Gasteiger charge is 2.12. The van der Waals surface area contributed by atoms with E-state index < -0.39 is 5.82 Å². The number of halogens is 1. The van der Waals surface area contributed by atoms with Gasteiger partial charge in [0.05, 0.1) is 10.7 Å². The van der Waals surface area contributed by atoms with Gasteiger partial charge < -0.3 is 10.9 Å². The Labute approximate surface area is 126 Å². The van der Waals surface area contributed by atoms with Gasteiger partial charge in [0, 0.05) is 24.0 Å². The molecule has 0 aliphatic rings. The lowest BCUT2D eigenvalue weighted by Crippen LogP contribution is -2.22. The van der Waals surface area contributed by atoms with Gasteiger partial charge in [0.15, 0.2) is 5.84 Å². The molecule has 0 radical (unpaired) electrons. The largest absolute Gasteiger partial charge is 0.409 e. The average Bonchev–Trinajstić information content (AvgIpc) is 2.85. The summed E-state index contributed by atoms with van der Waals surface area (Å²) >= 11 is 1.61. The highest BCUT2D eigenvalue weighted by Crippen LogP contribution is 2.16. The molecule has 112 valence electrons. The Hall–Kier alpha value is -1.99. The molecule has 2 aromatic rings. The smallest absolute Gasteiger partial charge is 0.170 e. The number of thiazole rings is 1. The van der Waals surface area contributed by atoms with E-state index in [-0.39, 0.29) is 5.84 Å². The zero-order chi connectivity index (χ0) is 15.4. The topological polar surface area (TPSA) is 74.7 Å². The van der Waals surface area contributed by atoms with E-state index in [9.17, 15) is 4.39 Å². The predicted molar refractivity (Wildman–Crippen MR) is 80.9 cm³/mol. The number of hydrogen-bond donors (Lipinski definition) is 2. The Balaban J connectivity index is 2.15. The first-order chi connectivity index (χ1) is 9.99. The van der Waals surface area contributed by atoms with E-state index in [1.54, 1.807) is 17.4 Å². The Morgan fingerprint density at radius 2 is 2.24 bits per heavy atom. The van der Waals surface area contributed by atoms with E-state index in [1.807, 2.05) is 24.3 Å². The lowest BCUT2D eigenvalue weighted by Gasteiger charge is -2.17. The van der Waals surface area contributed by atoms with Crippen LogP contribution in [0, 0.1) is 12.7 Å². The Morgan fingerprint density at radius 1 is 1.48 bits per heavy atom. The van der Waals surface area contributed by atoms with Gasteiger partial charge in [0.25, 0.3) is 0 Å². The van der Waals surface area contributed by atoms with Crippen molar-refractivity contribution in [1.29, 1.82) is 0 Å². The van der Waals surface area contributed by atoms with Crippen LogP contribution in [0.5, 0.6) is 0 Å². The summed E-state index contributed by atoms with van der Waals surface area (Å²) in [6, 6.07) is 4.28. The van der Waals surface area contributed by atoms with Crippen LogP contribution >= 0.6 is 11.3 Å². The van der Waals surface area contributed by atoms with Crippen molar-refractivity contribution in [3.63, 3.8) is 0 Å². The first-order valence-corrected chi connectivity index (χ1v) is 7.23. The maximum absolute atomic E-state index is 13.3. The Bertz CT molecular complexity index is 656. The second-order valence-corrected chi connectivity index (χ2v) is 5.88. The van der Waals surface area contributed by atoms with Crippen LogP contribution in [-0.4, -0.2) is 28.0 Å². The molecule has 5 nitrogen and oxygen atoms in total. The molecule has 2 rings (SSSR count). The predicted octanol–water partition coefficient (Wildman–Crippen LogP) is 2.32. The van der Waals surface area contributed by atoms with E-state index in [2.05, 4.69) is 10.1 Å². The zero-order valence-corrected chi connectivity index (χ0v) is 12.7. The Kier molecular flexibility index (Phi) is 4.87. The van der Waals surface area contributed by atoms with E-state index in [0.29, 0.717) is 18.7 Å². The molecule has 1 aromatic carbocycles. The molecule has 0 saturated heterocycles. The molecule has 0 spiro atoms. The van der Waals surface area contributed by atoms with Gasteiger partial charge in [-0.2, -0.15) is 0 Å². The van der Waals surface area contributed by atoms with Crippen LogP contribution in [-0.2, 0) is 13.1 Å². The Morgan fingerprint density at radius 3 is 2.86 bits per heavy atom. The van der Waals surface area contributed by atoms with Gasteiger partial charge in [-0.25, -0.2) is 9.37 Å². The number of amidine groups is 1. The lowest BCUT2D eigenvalue weighted by atomic mass is 10.1. The van der Waals surface area contributed by atoms with Gasteiger partial charge in [-0.1, -0.05) is 11.2 Å². The molecule has 1 aromatic heterocycles. The summed E-state index contributed by atoms with van der Waals surface area (Å²) in [5, 5.41) is 14.8. The molecule has 0 atom stereocenters. The van der Waals surface area contributed by atoms with Crippen LogP contribution in [0.25, 0.3) is 0 Å². The van der Waals surface area contributed by atoms with Crippen molar-refractivity contribution in [3.05, 3.63) is 51.2 Å². The molecule has 0 amide bonds. The van der Waals surface area contributed by atoms with E-state index >= 15 is 0 Å². The van der Waals surface area contributed by atoms with Gasteiger partial charge in [0.2, 0.25) is 0 Å². The monoisotopic (exact) mass is 308 g/mol. The van der Waals surface area contributed by atoms with Crippen molar-refractivity contribution in [2.24, 2.45) is 10.9 Å². The van der Waals surface area contributed by atoms with Gasteiger partial charge in [0.1, 0.15) is 5.82 Å². The normalized spacial score (nSPS) is 12.1. The number of nitrogens with zero attached hydrogens (tertiary/aromatic N) is 3. The second-order valence-electron chi connectivity index (χ2n) is 4.82. The van der Waals surface area contributed by atoms with Crippen molar-refractivity contribution in [3.8, 4) is 0 Å². The van der Waals surface area contributed by atoms with Gasteiger partial charge in [-0.05, 0) is 31.7 Å². The van der Waals surface area contributed by atoms with Crippen LogP contribution in [0.1, 0.15) is 21.8 Å². The number of aromatic nitrogens is 1. The third-order valence-corrected chi connectivity index (χ3v) is 3.82. The summed E-state index contributed by atoms with van der Waals surface area (Å²) in [5.74, 6) is -0.513. The molecule has 0 unspecified atom stereocenters. The maximum atomic E-state index is 13.3. The average molecular weight is 308 g/mol. The fourth-order valence-electron chi connectivity index (χ4n) is 2.08. The van der Waals surface area contributed by atoms with Gasteiger partial charge in [-0.3, -0.25) is 4.90 Å². The van der Waals surface area contributed by atoms with Crippen LogP contribution < -0.4 is 5.73 Å². The zero-order valence-electron chi connectivity index (χ0n) is 11.9. The van der Waals surface area contributed by atoms with Crippen LogP contribution in [0.2, 0.25) is 0 Å². The third-order valence-electron chi connectivity index (χ3n) is 2.99. The minimum Gasteiger partial charge on any atom is -0.409 e. The number of hydrogen-bond acceptors (Lipinski definition) is 5. The first-order valence-electron chi connectivity index (χ1n) is 6.35. The fourth-order valence-corrected chi connectivity index (χ4v) is 2.69. The molecular weight excluding hydrogens is 291 g/mol. The van der Waals surface area contributed by atoms with Crippen molar-refractivity contribution in [1.82, 2.24) is 9.88 Å². The number of nitrogens with two attached hydrogens (primary N) is 1. The summed E-state index contributed by atoms with van der Waals surface area (Å²) in [6.07, 6.45) is 0. The SMILES string of the molecule is Cc1nc(CN(C)Cc2ccc(F)cc2C(N)=NO)cs1. The molecule has 0 bridgehead atoms. The maximum Gasteiger partial charge on any atom is 0.170 e. The summed E-state index contributed by atoms with van der Waals surface area (Å²) in [6.45, 7) is 3.18. The van der Waals surface area contributed by atoms with Crippen molar-refractivity contribution in [2.75, 3.05) is 7.05 Å². The second kappa shape index (κ2) is 6.64. The number of aryl methyl sites for hydroxylation is 1. The van der Waals surface area contributed by atoms with Crippen LogP contribution in [0.15, 0.2) is 28.7 Å². The van der Waals surface area contributed by atoms with E-state index in [1.165, 1.54) is 12.1 Å². The summed E-state index contributed by atoms with van der Waals surface area (Å²) in [5.41, 5.74) is 7.79. The molecule has 21 heavy (non-hydrogen) atoms. The first kappa shape index (κ1) is 15.4. The van der Waals surface area contributed by atoms with Crippen LogP contribution in [0.3, 0.4) is 0 Å². The molecule has 0 aliphatic carbocycles. The molecule has 0 aliphatic heterocycles. The highest BCUT2D eigenvalue weighted by atomic mass is 32.1. The molecule has 7 heteroatoms. The lowest BCUT2D eigenvalue weighted by molar-refractivity contribution is 0.313. The van der Waals surface area contributed by atoms with Gasteiger partial charge >= 0.3 is 0 Å². The quantitative estimate of drug-likeness (QED) is 0.385. The summed E-state index contributed by atoms with van der Waals surface area (Å²) < 4.78 is 13.3. The highest BCUT2D eigenvalue weighted by molar-refractivity contribution is 7.09. The molecule has 1 heterocycles. The molecule has 0 fully saturated rings. The van der Waals surface area contributed by atoms with Gasteiger partial charge in [-0.15, -0.1) is 11.3 Å². The number of oxime groups is 1.